The molecule has 6 rings (SSSR count). The van der Waals surface area contributed by atoms with Crippen LogP contribution in [0.5, 0.6) is 0 Å². The standard InChI is InChI=1S/C23H27N3O3/c27-22(21-16-9-14-8-15(11-16)12-17(21)10-14)25-18-3-5-19(6-4-18)26-23(28)24-13-20-2-1-7-29-20/h1-7,14-17,21H,8-13H2,(H,25,27)(H2,24,26,28). The summed E-state index contributed by atoms with van der Waals surface area (Å²) in [5, 5.41) is 8.64. The van der Waals surface area contributed by atoms with Gasteiger partial charge in [-0.05, 0) is 92.2 Å². The van der Waals surface area contributed by atoms with E-state index in [2.05, 4.69) is 16.0 Å². The molecule has 0 radical (unpaired) electrons. The fraction of sp³-hybridized carbons (Fsp3) is 0.478. The molecule has 4 fully saturated rings. The largest absolute Gasteiger partial charge is 0.467 e. The van der Waals surface area contributed by atoms with Crippen molar-refractivity contribution < 1.29 is 14.0 Å². The zero-order chi connectivity index (χ0) is 19.8. The number of amides is 3. The van der Waals surface area contributed by atoms with Gasteiger partial charge < -0.3 is 20.4 Å². The number of hydrogen-bond acceptors (Lipinski definition) is 3. The minimum Gasteiger partial charge on any atom is -0.467 e. The lowest BCUT2D eigenvalue weighted by atomic mass is 9.51. The number of carbonyl (C=O) groups excluding carboxylic acids is 2. The zero-order valence-corrected chi connectivity index (χ0v) is 16.4. The van der Waals surface area contributed by atoms with E-state index in [-0.39, 0.29) is 17.9 Å². The highest BCUT2D eigenvalue weighted by atomic mass is 16.3. The zero-order valence-electron chi connectivity index (χ0n) is 16.4. The molecule has 0 saturated heterocycles. The molecule has 2 aromatic rings. The number of anilines is 2. The smallest absolute Gasteiger partial charge is 0.319 e. The first kappa shape index (κ1) is 18.3. The number of rotatable bonds is 5. The van der Waals surface area contributed by atoms with Gasteiger partial charge >= 0.3 is 6.03 Å². The SMILES string of the molecule is O=C(NCc1ccco1)Nc1ccc(NC(=O)C2C3CC4CC(C3)CC2C4)cc1. The number of urea groups is 1. The van der Waals surface area contributed by atoms with E-state index in [1.54, 1.807) is 30.5 Å². The normalized spacial score (nSPS) is 29.4. The maximum atomic E-state index is 13.0. The highest BCUT2D eigenvalue weighted by Crippen LogP contribution is 2.56. The molecule has 0 spiro atoms. The number of carbonyl (C=O) groups is 2. The highest BCUT2D eigenvalue weighted by molar-refractivity contribution is 5.94. The summed E-state index contributed by atoms with van der Waals surface area (Å²) in [5.74, 6) is 3.93. The molecular formula is C23H27N3O3. The Morgan fingerprint density at radius 2 is 1.48 bits per heavy atom. The van der Waals surface area contributed by atoms with Gasteiger partial charge in [-0.1, -0.05) is 0 Å². The van der Waals surface area contributed by atoms with Gasteiger partial charge in [0.05, 0.1) is 12.8 Å². The van der Waals surface area contributed by atoms with Crippen molar-refractivity contribution in [3.8, 4) is 0 Å². The van der Waals surface area contributed by atoms with Gasteiger partial charge in [0.2, 0.25) is 5.91 Å². The second kappa shape index (κ2) is 7.58. The first-order chi connectivity index (χ1) is 14.1. The Kier molecular flexibility index (Phi) is 4.78. The Balaban J connectivity index is 1.14. The molecular weight excluding hydrogens is 366 g/mol. The molecule has 4 bridgehead atoms. The quantitative estimate of drug-likeness (QED) is 0.693. The van der Waals surface area contributed by atoms with E-state index in [1.165, 1.54) is 32.1 Å². The van der Waals surface area contributed by atoms with Crippen molar-refractivity contribution in [2.24, 2.45) is 29.6 Å². The van der Waals surface area contributed by atoms with Crippen LogP contribution in [0.25, 0.3) is 0 Å². The van der Waals surface area contributed by atoms with Gasteiger partial charge in [-0.3, -0.25) is 4.79 Å². The average molecular weight is 393 g/mol. The minimum atomic E-state index is -0.299. The second-order valence-electron chi connectivity index (χ2n) is 8.91. The van der Waals surface area contributed by atoms with Gasteiger partial charge in [-0.25, -0.2) is 4.79 Å². The maximum Gasteiger partial charge on any atom is 0.319 e. The fourth-order valence-electron chi connectivity index (χ4n) is 5.97. The molecule has 152 valence electrons. The third-order valence-corrected chi connectivity index (χ3v) is 6.94. The molecule has 3 amide bonds. The van der Waals surface area contributed by atoms with Crippen molar-refractivity contribution in [3.63, 3.8) is 0 Å². The molecule has 4 aliphatic rings. The van der Waals surface area contributed by atoms with Crippen molar-refractivity contribution >= 4 is 23.3 Å². The Hall–Kier alpha value is -2.76. The molecule has 6 heteroatoms. The summed E-state index contributed by atoms with van der Waals surface area (Å²) in [5.41, 5.74) is 1.46. The van der Waals surface area contributed by atoms with Crippen LogP contribution in [0.2, 0.25) is 0 Å². The minimum absolute atomic E-state index is 0.174. The van der Waals surface area contributed by atoms with Crippen LogP contribution < -0.4 is 16.0 Å². The third-order valence-electron chi connectivity index (χ3n) is 6.94. The Labute approximate surface area is 170 Å². The number of benzene rings is 1. The van der Waals surface area contributed by atoms with Crippen LogP contribution in [0.3, 0.4) is 0 Å². The summed E-state index contributed by atoms with van der Waals surface area (Å²) < 4.78 is 5.19. The predicted octanol–water partition coefficient (Wildman–Crippen LogP) is 4.61. The molecule has 29 heavy (non-hydrogen) atoms. The summed E-state index contributed by atoms with van der Waals surface area (Å²) in [4.78, 5) is 24.9. The topological polar surface area (TPSA) is 83.4 Å². The lowest BCUT2D eigenvalue weighted by Gasteiger charge is -2.53. The van der Waals surface area contributed by atoms with Crippen molar-refractivity contribution in [1.82, 2.24) is 5.32 Å². The first-order valence-electron chi connectivity index (χ1n) is 10.6. The second-order valence-corrected chi connectivity index (χ2v) is 8.91. The highest BCUT2D eigenvalue weighted by Gasteiger charge is 2.50. The van der Waals surface area contributed by atoms with Crippen LogP contribution in [0.1, 0.15) is 37.9 Å². The van der Waals surface area contributed by atoms with Crippen molar-refractivity contribution in [1.29, 1.82) is 0 Å². The Morgan fingerprint density at radius 3 is 2.07 bits per heavy atom. The monoisotopic (exact) mass is 393 g/mol. The van der Waals surface area contributed by atoms with E-state index in [4.69, 9.17) is 4.42 Å². The summed E-state index contributed by atoms with van der Waals surface area (Å²) in [6.07, 6.45) is 7.92. The molecule has 4 saturated carbocycles. The van der Waals surface area contributed by atoms with E-state index in [1.807, 2.05) is 12.1 Å². The summed E-state index contributed by atoms with van der Waals surface area (Å²) in [7, 11) is 0. The van der Waals surface area contributed by atoms with Crippen LogP contribution in [0.15, 0.2) is 47.1 Å². The maximum absolute atomic E-state index is 13.0. The summed E-state index contributed by atoms with van der Waals surface area (Å²) in [6.45, 7) is 0.332. The van der Waals surface area contributed by atoms with Crippen molar-refractivity contribution in [2.75, 3.05) is 10.6 Å². The van der Waals surface area contributed by atoms with Gasteiger partial charge in [0.15, 0.2) is 0 Å². The van der Waals surface area contributed by atoms with Gasteiger partial charge in [0.25, 0.3) is 0 Å². The molecule has 4 aliphatic carbocycles. The van der Waals surface area contributed by atoms with Gasteiger partial charge in [-0.15, -0.1) is 0 Å². The van der Waals surface area contributed by atoms with Crippen LogP contribution in [0.4, 0.5) is 16.2 Å². The average Bonchev–Trinajstić information content (AvgIpc) is 3.21. The van der Waals surface area contributed by atoms with Crippen molar-refractivity contribution in [3.05, 3.63) is 48.4 Å². The van der Waals surface area contributed by atoms with Crippen LogP contribution in [0, 0.1) is 29.6 Å². The van der Waals surface area contributed by atoms with E-state index >= 15 is 0 Å². The molecule has 0 unspecified atom stereocenters. The lowest BCUT2D eigenvalue weighted by Crippen LogP contribution is -2.49. The molecule has 6 nitrogen and oxygen atoms in total. The summed E-state index contributed by atoms with van der Waals surface area (Å²) in [6, 6.07) is 10.6. The van der Waals surface area contributed by atoms with Gasteiger partial charge in [0, 0.05) is 17.3 Å². The fourth-order valence-corrected chi connectivity index (χ4v) is 5.97. The Bertz CT molecular complexity index is 847. The predicted molar refractivity (Wildman–Crippen MR) is 110 cm³/mol. The van der Waals surface area contributed by atoms with E-state index in [9.17, 15) is 9.59 Å². The number of nitrogens with one attached hydrogen (secondary N) is 3. The van der Waals surface area contributed by atoms with Gasteiger partial charge in [-0.2, -0.15) is 0 Å². The van der Waals surface area contributed by atoms with Crippen molar-refractivity contribution in [2.45, 2.75) is 38.6 Å². The molecule has 0 aliphatic heterocycles. The lowest BCUT2D eigenvalue weighted by molar-refractivity contribution is -0.132. The molecule has 1 aromatic carbocycles. The summed E-state index contributed by atoms with van der Waals surface area (Å²) >= 11 is 0. The molecule has 3 N–H and O–H groups in total. The van der Waals surface area contributed by atoms with Crippen LogP contribution in [-0.4, -0.2) is 11.9 Å². The van der Waals surface area contributed by atoms with E-state index in [0.29, 0.717) is 29.8 Å². The number of furan rings is 1. The van der Waals surface area contributed by atoms with Gasteiger partial charge in [0.1, 0.15) is 5.76 Å². The van der Waals surface area contributed by atoms with Crippen LogP contribution >= 0.6 is 0 Å². The number of hydrogen-bond donors (Lipinski definition) is 3. The van der Waals surface area contributed by atoms with E-state index < -0.39 is 0 Å². The van der Waals surface area contributed by atoms with Crippen LogP contribution in [-0.2, 0) is 11.3 Å². The molecule has 0 atom stereocenters. The Morgan fingerprint density at radius 1 is 0.862 bits per heavy atom. The van der Waals surface area contributed by atoms with E-state index in [0.717, 1.165) is 17.5 Å². The third kappa shape index (κ3) is 3.88. The molecule has 1 heterocycles. The first-order valence-corrected chi connectivity index (χ1v) is 10.6. The molecule has 1 aromatic heterocycles.